The molecule has 0 spiro atoms. The van der Waals surface area contributed by atoms with Crippen LogP contribution in [0.25, 0.3) is 0 Å². The van der Waals surface area contributed by atoms with Crippen molar-refractivity contribution in [2.75, 3.05) is 5.32 Å². The Morgan fingerprint density at radius 2 is 1.88 bits per heavy atom. The summed E-state index contributed by atoms with van der Waals surface area (Å²) in [5.74, 6) is -0.638. The second-order valence-electron chi connectivity index (χ2n) is 6.89. The van der Waals surface area contributed by atoms with Gasteiger partial charge in [-0.2, -0.15) is 0 Å². The topological polar surface area (TPSA) is 52.2 Å². The summed E-state index contributed by atoms with van der Waals surface area (Å²) in [6.45, 7) is 4.11. The zero-order chi connectivity index (χ0) is 16.8. The number of carbonyl (C=O) groups is 1. The number of hydrogen-bond donors (Lipinski definition) is 1. The maximum absolute atomic E-state index is 11.6. The monoisotopic (exact) mass is 318 g/mol. The highest BCUT2D eigenvalue weighted by atomic mass is 16.4. The molecule has 1 aliphatic heterocycles. The number of carboxylic acids is 1. The minimum atomic E-state index is -1.10. The lowest BCUT2D eigenvalue weighted by molar-refractivity contribution is -0.255. The lowest BCUT2D eigenvalue weighted by Crippen LogP contribution is -2.33. The van der Waals surface area contributed by atoms with Gasteiger partial charge in [-0.15, -0.1) is 0 Å². The molecular formula is C21H20NO2-. The number of benzene rings is 2. The van der Waals surface area contributed by atoms with Crippen LogP contribution in [0.1, 0.15) is 51.0 Å². The van der Waals surface area contributed by atoms with Gasteiger partial charge in [0.05, 0.1) is 12.0 Å². The van der Waals surface area contributed by atoms with Crippen molar-refractivity contribution in [3.05, 3.63) is 76.4 Å². The number of anilines is 1. The molecule has 0 radical (unpaired) electrons. The summed E-state index contributed by atoms with van der Waals surface area (Å²) in [5.41, 5.74) is 5.72. The molecule has 0 unspecified atom stereocenters. The van der Waals surface area contributed by atoms with E-state index >= 15 is 0 Å². The Morgan fingerprint density at radius 3 is 2.58 bits per heavy atom. The van der Waals surface area contributed by atoms with Crippen LogP contribution in [0.2, 0.25) is 0 Å². The Balaban J connectivity index is 1.86. The number of allylic oxidation sites excluding steroid dienone is 2. The molecule has 1 heterocycles. The SMILES string of the molecule is Cc1ccc([C@@H]2Nc3c(C)ccc(C(=O)[O-])c3[C@H]3C=CC[C@H]32)cc1. The highest BCUT2D eigenvalue weighted by Gasteiger charge is 2.39. The third-order valence-corrected chi connectivity index (χ3v) is 5.38. The second-order valence-corrected chi connectivity index (χ2v) is 6.89. The Bertz CT molecular complexity index is 836. The third kappa shape index (κ3) is 2.23. The van der Waals surface area contributed by atoms with E-state index in [-0.39, 0.29) is 12.0 Å². The molecular weight excluding hydrogens is 298 g/mol. The highest BCUT2D eigenvalue weighted by molar-refractivity contribution is 5.91. The first-order valence-electron chi connectivity index (χ1n) is 8.41. The van der Waals surface area contributed by atoms with Crippen LogP contribution in [0.15, 0.2) is 48.6 Å². The minimum Gasteiger partial charge on any atom is -0.545 e. The Hall–Kier alpha value is -2.55. The fourth-order valence-corrected chi connectivity index (χ4v) is 4.14. The number of hydrogen-bond acceptors (Lipinski definition) is 3. The smallest absolute Gasteiger partial charge is 0.0719 e. The Labute approximate surface area is 142 Å². The second kappa shape index (κ2) is 5.52. The molecule has 2 aromatic rings. The first-order chi connectivity index (χ1) is 11.6. The molecule has 1 N–H and O–H groups in total. The molecule has 2 aliphatic rings. The lowest BCUT2D eigenvalue weighted by atomic mass is 9.74. The molecule has 0 aromatic heterocycles. The first-order valence-corrected chi connectivity index (χ1v) is 8.41. The van der Waals surface area contributed by atoms with E-state index in [1.807, 2.05) is 13.0 Å². The van der Waals surface area contributed by atoms with Crippen LogP contribution in [0.3, 0.4) is 0 Å². The van der Waals surface area contributed by atoms with Gasteiger partial charge in [-0.1, -0.05) is 54.1 Å². The number of fused-ring (bicyclic) bond motifs is 3. The van der Waals surface area contributed by atoms with Gasteiger partial charge in [-0.3, -0.25) is 0 Å². The predicted molar refractivity (Wildman–Crippen MR) is 93.0 cm³/mol. The molecule has 1 aliphatic carbocycles. The van der Waals surface area contributed by atoms with E-state index < -0.39 is 5.97 Å². The van der Waals surface area contributed by atoms with Gasteiger partial charge in [0, 0.05) is 17.2 Å². The van der Waals surface area contributed by atoms with Crippen molar-refractivity contribution in [1.82, 2.24) is 0 Å². The zero-order valence-corrected chi connectivity index (χ0v) is 13.9. The van der Waals surface area contributed by atoms with Gasteiger partial charge in [0.1, 0.15) is 0 Å². The summed E-state index contributed by atoms with van der Waals surface area (Å²) in [6.07, 6.45) is 5.29. The van der Waals surface area contributed by atoms with Crippen molar-refractivity contribution in [3.63, 3.8) is 0 Å². The number of carbonyl (C=O) groups excluding carboxylic acids is 1. The van der Waals surface area contributed by atoms with Crippen molar-refractivity contribution in [2.24, 2.45) is 5.92 Å². The van der Waals surface area contributed by atoms with Crippen molar-refractivity contribution in [2.45, 2.75) is 32.2 Å². The molecule has 122 valence electrons. The Morgan fingerprint density at radius 1 is 1.12 bits per heavy atom. The fraction of sp³-hybridized carbons (Fsp3) is 0.286. The molecule has 3 nitrogen and oxygen atoms in total. The summed E-state index contributed by atoms with van der Waals surface area (Å²) in [5, 5.41) is 15.2. The molecule has 0 amide bonds. The van der Waals surface area contributed by atoms with Crippen molar-refractivity contribution in [3.8, 4) is 0 Å². The molecule has 0 saturated carbocycles. The average Bonchev–Trinajstić information content (AvgIpc) is 3.05. The average molecular weight is 318 g/mol. The van der Waals surface area contributed by atoms with E-state index in [9.17, 15) is 9.90 Å². The van der Waals surface area contributed by atoms with Gasteiger partial charge in [0.15, 0.2) is 0 Å². The van der Waals surface area contributed by atoms with Crippen LogP contribution in [0, 0.1) is 19.8 Å². The van der Waals surface area contributed by atoms with Crippen molar-refractivity contribution < 1.29 is 9.90 Å². The predicted octanol–water partition coefficient (Wildman–Crippen LogP) is 3.49. The molecule has 2 aromatic carbocycles. The maximum Gasteiger partial charge on any atom is 0.0719 e. The molecule has 0 fully saturated rings. The lowest BCUT2D eigenvalue weighted by Gasteiger charge is -2.39. The summed E-state index contributed by atoms with van der Waals surface area (Å²) < 4.78 is 0. The minimum absolute atomic E-state index is 0.125. The molecule has 24 heavy (non-hydrogen) atoms. The van der Waals surface area contributed by atoms with Crippen LogP contribution >= 0.6 is 0 Å². The quantitative estimate of drug-likeness (QED) is 0.862. The summed E-state index contributed by atoms with van der Waals surface area (Å²) >= 11 is 0. The molecule has 0 saturated heterocycles. The number of carboxylic acid groups (broad SMARTS) is 1. The number of rotatable bonds is 2. The standard InChI is InChI=1S/C21H21NO2/c1-12-6-9-14(10-7-12)20-16-5-3-4-15(16)18-17(21(23)24)11-8-13(2)19(18)22-20/h3-4,6-11,15-16,20,22H,5H2,1-2H3,(H,23,24)/p-1/t15-,16+,20-/m0/s1. The third-order valence-electron chi connectivity index (χ3n) is 5.38. The van der Waals surface area contributed by atoms with Crippen LogP contribution < -0.4 is 10.4 Å². The van der Waals surface area contributed by atoms with Gasteiger partial charge in [-0.05, 0) is 42.9 Å². The molecule has 0 bridgehead atoms. The van der Waals surface area contributed by atoms with Crippen molar-refractivity contribution in [1.29, 1.82) is 0 Å². The number of aromatic carboxylic acids is 1. The fourth-order valence-electron chi connectivity index (χ4n) is 4.14. The molecule has 3 atom stereocenters. The maximum atomic E-state index is 11.6. The summed E-state index contributed by atoms with van der Waals surface area (Å²) in [4.78, 5) is 11.6. The van der Waals surface area contributed by atoms with E-state index in [0.29, 0.717) is 11.5 Å². The summed E-state index contributed by atoms with van der Waals surface area (Å²) in [6, 6.07) is 12.3. The summed E-state index contributed by atoms with van der Waals surface area (Å²) in [7, 11) is 0. The Kier molecular flexibility index (Phi) is 3.45. The molecule has 3 heteroatoms. The van der Waals surface area contributed by atoms with Gasteiger partial charge < -0.3 is 15.2 Å². The van der Waals surface area contributed by atoms with Crippen LogP contribution in [-0.4, -0.2) is 5.97 Å². The van der Waals surface area contributed by atoms with Crippen molar-refractivity contribution >= 4 is 11.7 Å². The van der Waals surface area contributed by atoms with E-state index in [2.05, 4.69) is 48.7 Å². The van der Waals surface area contributed by atoms with E-state index in [1.165, 1.54) is 11.1 Å². The number of aryl methyl sites for hydroxylation is 2. The van der Waals surface area contributed by atoms with Gasteiger partial charge in [0.25, 0.3) is 0 Å². The van der Waals surface area contributed by atoms with Gasteiger partial charge >= 0.3 is 0 Å². The molecule has 4 rings (SSSR count). The highest BCUT2D eigenvalue weighted by Crippen LogP contribution is 2.51. The normalized spacial score (nSPS) is 24.2. The van der Waals surface area contributed by atoms with Crippen LogP contribution in [0.4, 0.5) is 5.69 Å². The van der Waals surface area contributed by atoms with Gasteiger partial charge in [0.2, 0.25) is 0 Å². The van der Waals surface area contributed by atoms with Crippen LogP contribution in [0.5, 0.6) is 0 Å². The van der Waals surface area contributed by atoms with E-state index in [4.69, 9.17) is 0 Å². The largest absolute Gasteiger partial charge is 0.545 e. The zero-order valence-electron chi connectivity index (χ0n) is 13.9. The van der Waals surface area contributed by atoms with E-state index in [0.717, 1.165) is 23.2 Å². The van der Waals surface area contributed by atoms with Crippen LogP contribution in [-0.2, 0) is 0 Å². The van der Waals surface area contributed by atoms with E-state index in [1.54, 1.807) is 6.07 Å². The van der Waals surface area contributed by atoms with Gasteiger partial charge in [-0.25, -0.2) is 0 Å². The number of nitrogens with one attached hydrogen (secondary N) is 1. The first kappa shape index (κ1) is 15.0.